The molecular formula is C13H16ClN3OS. The first-order valence-corrected chi connectivity index (χ1v) is 7.83. The topological polar surface area (TPSA) is 49.2 Å². The van der Waals surface area contributed by atoms with Gasteiger partial charge in [-0.1, -0.05) is 0 Å². The van der Waals surface area contributed by atoms with Crippen LogP contribution in [0.15, 0.2) is 11.4 Å². The van der Waals surface area contributed by atoms with Gasteiger partial charge in [-0.3, -0.25) is 0 Å². The number of aliphatic hydroxyl groups excluding tert-OH is 1. The van der Waals surface area contributed by atoms with Crippen LogP contribution in [0.1, 0.15) is 25.7 Å². The number of anilines is 1. The molecule has 6 heteroatoms. The van der Waals surface area contributed by atoms with Crippen molar-refractivity contribution < 1.29 is 5.11 Å². The van der Waals surface area contributed by atoms with Gasteiger partial charge in [-0.05, 0) is 48.7 Å². The fourth-order valence-corrected chi connectivity index (χ4v) is 3.74. The van der Waals surface area contributed by atoms with Crippen molar-refractivity contribution in [2.24, 2.45) is 0 Å². The molecule has 3 heterocycles. The minimum absolute atomic E-state index is 0.215. The van der Waals surface area contributed by atoms with Crippen molar-refractivity contribution >= 4 is 39.0 Å². The Hall–Kier alpha value is -0.910. The van der Waals surface area contributed by atoms with E-state index in [1.165, 1.54) is 6.42 Å². The molecule has 1 unspecified atom stereocenters. The Balaban J connectivity index is 2.03. The van der Waals surface area contributed by atoms with E-state index in [4.69, 9.17) is 11.6 Å². The molecular weight excluding hydrogens is 282 g/mol. The highest BCUT2D eigenvalue weighted by molar-refractivity contribution is 7.16. The molecule has 2 aromatic heterocycles. The number of nitrogens with zero attached hydrogens (tertiary/aromatic N) is 3. The molecule has 19 heavy (non-hydrogen) atoms. The van der Waals surface area contributed by atoms with Crippen LogP contribution in [0.4, 0.5) is 5.82 Å². The van der Waals surface area contributed by atoms with Crippen LogP contribution < -0.4 is 4.90 Å². The molecule has 1 atom stereocenters. The molecule has 0 amide bonds. The van der Waals surface area contributed by atoms with E-state index in [2.05, 4.69) is 20.9 Å². The molecule has 1 aliphatic heterocycles. The maximum absolute atomic E-state index is 9.23. The Morgan fingerprint density at radius 3 is 3.16 bits per heavy atom. The molecule has 0 aromatic carbocycles. The van der Waals surface area contributed by atoms with E-state index in [1.54, 1.807) is 11.3 Å². The maximum atomic E-state index is 9.23. The summed E-state index contributed by atoms with van der Waals surface area (Å²) >= 11 is 7.62. The second-order valence-electron chi connectivity index (χ2n) is 4.81. The Bertz CT molecular complexity index is 572. The Morgan fingerprint density at radius 2 is 2.32 bits per heavy atom. The van der Waals surface area contributed by atoms with Crippen LogP contribution in [0.3, 0.4) is 0 Å². The van der Waals surface area contributed by atoms with E-state index in [9.17, 15) is 5.11 Å². The average molecular weight is 298 g/mol. The zero-order chi connectivity index (χ0) is 13.2. The second kappa shape index (κ2) is 5.61. The van der Waals surface area contributed by atoms with Gasteiger partial charge in [0.05, 0.1) is 5.39 Å². The lowest BCUT2D eigenvalue weighted by molar-refractivity contribution is 0.262. The standard InChI is InChI=1S/C13H16ClN3OS/c14-13-15-11(10-5-8-19-12(10)16-13)17-6-2-1-3-9(17)4-7-18/h5,8-9,18H,1-4,6-7H2. The van der Waals surface area contributed by atoms with Gasteiger partial charge in [0.15, 0.2) is 0 Å². The van der Waals surface area contributed by atoms with Gasteiger partial charge in [0, 0.05) is 19.2 Å². The van der Waals surface area contributed by atoms with Gasteiger partial charge < -0.3 is 10.0 Å². The van der Waals surface area contributed by atoms with Gasteiger partial charge in [-0.25, -0.2) is 4.98 Å². The lowest BCUT2D eigenvalue weighted by Crippen LogP contribution is -2.40. The lowest BCUT2D eigenvalue weighted by atomic mass is 9.99. The summed E-state index contributed by atoms with van der Waals surface area (Å²) in [6.07, 6.45) is 4.27. The van der Waals surface area contributed by atoms with Gasteiger partial charge >= 0.3 is 0 Å². The number of aliphatic hydroxyl groups is 1. The zero-order valence-electron chi connectivity index (χ0n) is 10.5. The summed E-state index contributed by atoms with van der Waals surface area (Å²) in [5.74, 6) is 0.925. The summed E-state index contributed by atoms with van der Waals surface area (Å²) in [6.45, 7) is 1.19. The van der Waals surface area contributed by atoms with Crippen LogP contribution in [-0.2, 0) is 0 Å². The molecule has 102 valence electrons. The number of aromatic nitrogens is 2. The third-order valence-corrected chi connectivity index (χ3v) is 4.61. The van der Waals surface area contributed by atoms with E-state index in [0.717, 1.165) is 41.8 Å². The Labute approximate surface area is 121 Å². The van der Waals surface area contributed by atoms with Gasteiger partial charge in [0.2, 0.25) is 5.28 Å². The van der Waals surface area contributed by atoms with Gasteiger partial charge in [0.25, 0.3) is 0 Å². The minimum atomic E-state index is 0.215. The van der Waals surface area contributed by atoms with Crippen molar-refractivity contribution in [2.45, 2.75) is 31.7 Å². The molecule has 1 fully saturated rings. The Kier molecular flexibility index (Phi) is 3.86. The van der Waals surface area contributed by atoms with Crippen molar-refractivity contribution in [1.29, 1.82) is 0 Å². The first kappa shape index (κ1) is 13.1. The third kappa shape index (κ3) is 2.55. The number of halogens is 1. The van der Waals surface area contributed by atoms with Crippen molar-refractivity contribution in [3.8, 4) is 0 Å². The van der Waals surface area contributed by atoms with Crippen LogP contribution >= 0.6 is 22.9 Å². The van der Waals surface area contributed by atoms with Crippen LogP contribution in [0.25, 0.3) is 10.2 Å². The zero-order valence-corrected chi connectivity index (χ0v) is 12.1. The molecule has 1 saturated heterocycles. The first-order valence-electron chi connectivity index (χ1n) is 6.58. The van der Waals surface area contributed by atoms with Gasteiger partial charge in [-0.2, -0.15) is 4.98 Å². The van der Waals surface area contributed by atoms with E-state index in [0.29, 0.717) is 11.3 Å². The molecule has 0 radical (unpaired) electrons. The molecule has 0 aliphatic carbocycles. The van der Waals surface area contributed by atoms with E-state index < -0.39 is 0 Å². The quantitative estimate of drug-likeness (QED) is 0.885. The van der Waals surface area contributed by atoms with E-state index in [1.807, 2.05) is 5.38 Å². The smallest absolute Gasteiger partial charge is 0.225 e. The fraction of sp³-hybridized carbons (Fsp3) is 0.538. The molecule has 1 aliphatic rings. The summed E-state index contributed by atoms with van der Waals surface area (Å²) in [5, 5.41) is 12.6. The van der Waals surface area contributed by atoms with Gasteiger partial charge in [-0.15, -0.1) is 11.3 Å². The molecule has 0 bridgehead atoms. The summed E-state index contributed by atoms with van der Waals surface area (Å²) < 4.78 is 0. The third-order valence-electron chi connectivity index (χ3n) is 3.64. The highest BCUT2D eigenvalue weighted by atomic mass is 35.5. The molecule has 0 saturated carbocycles. The minimum Gasteiger partial charge on any atom is -0.396 e. The first-order chi connectivity index (χ1) is 9.29. The van der Waals surface area contributed by atoms with Crippen LogP contribution in [0, 0.1) is 0 Å². The van der Waals surface area contributed by atoms with Crippen LogP contribution in [-0.4, -0.2) is 34.3 Å². The molecule has 4 nitrogen and oxygen atoms in total. The number of fused-ring (bicyclic) bond motifs is 1. The van der Waals surface area contributed by atoms with Crippen molar-refractivity contribution in [3.63, 3.8) is 0 Å². The summed E-state index contributed by atoms with van der Waals surface area (Å²) in [4.78, 5) is 11.9. The van der Waals surface area contributed by atoms with Crippen molar-refractivity contribution in [1.82, 2.24) is 9.97 Å². The molecule has 3 rings (SSSR count). The predicted octanol–water partition coefficient (Wildman–Crippen LogP) is 3.09. The highest BCUT2D eigenvalue weighted by Crippen LogP contribution is 2.33. The van der Waals surface area contributed by atoms with Crippen LogP contribution in [0.2, 0.25) is 5.28 Å². The normalized spacial score (nSPS) is 20.1. The largest absolute Gasteiger partial charge is 0.396 e. The molecule has 1 N–H and O–H groups in total. The Morgan fingerprint density at radius 1 is 1.42 bits per heavy atom. The molecule has 2 aromatic rings. The van der Waals surface area contributed by atoms with E-state index in [-0.39, 0.29) is 6.61 Å². The predicted molar refractivity (Wildman–Crippen MR) is 79.1 cm³/mol. The summed E-state index contributed by atoms with van der Waals surface area (Å²) in [7, 11) is 0. The van der Waals surface area contributed by atoms with Crippen molar-refractivity contribution in [3.05, 3.63) is 16.7 Å². The monoisotopic (exact) mass is 297 g/mol. The van der Waals surface area contributed by atoms with E-state index >= 15 is 0 Å². The summed E-state index contributed by atoms with van der Waals surface area (Å²) in [6, 6.07) is 2.41. The van der Waals surface area contributed by atoms with Gasteiger partial charge in [0.1, 0.15) is 10.6 Å². The number of hydrogen-bond acceptors (Lipinski definition) is 5. The number of rotatable bonds is 3. The maximum Gasteiger partial charge on any atom is 0.225 e. The number of hydrogen-bond donors (Lipinski definition) is 1. The lowest BCUT2D eigenvalue weighted by Gasteiger charge is -2.36. The second-order valence-corrected chi connectivity index (χ2v) is 6.04. The number of piperidine rings is 1. The summed E-state index contributed by atoms with van der Waals surface area (Å²) in [5.41, 5.74) is 0. The fourth-order valence-electron chi connectivity index (χ4n) is 2.76. The van der Waals surface area contributed by atoms with Crippen molar-refractivity contribution in [2.75, 3.05) is 18.1 Å². The van der Waals surface area contributed by atoms with Crippen LogP contribution in [0.5, 0.6) is 0 Å². The average Bonchev–Trinajstić information content (AvgIpc) is 2.87. The molecule has 0 spiro atoms. The number of thiophene rings is 1. The SMILES string of the molecule is OCCC1CCCCN1c1nc(Cl)nc2sccc12. The highest BCUT2D eigenvalue weighted by Gasteiger charge is 2.25.